The Kier molecular flexibility index (Phi) is 6.31. The Hall–Kier alpha value is -1.45. The Bertz CT molecular complexity index is 900. The van der Waals surface area contributed by atoms with Crippen molar-refractivity contribution < 1.29 is 9.59 Å². The van der Waals surface area contributed by atoms with Gasteiger partial charge in [0.25, 0.3) is 5.91 Å². The lowest BCUT2D eigenvalue weighted by molar-refractivity contribution is -0.122. The zero-order valence-corrected chi connectivity index (χ0v) is 17.0. The number of hydrogen-bond acceptors (Lipinski definition) is 6. The molecule has 1 aromatic carbocycles. The molecule has 1 saturated heterocycles. The topological polar surface area (TPSA) is 62.3 Å². The van der Waals surface area contributed by atoms with E-state index in [9.17, 15) is 9.59 Å². The SMILES string of the molecule is O=C(CCN1C(=O)/C(=C\c2ccc(Cl)cc2Cl)SC1=S)Nc1nccs1. The molecule has 26 heavy (non-hydrogen) atoms. The fraction of sp³-hybridized carbons (Fsp3) is 0.125. The van der Waals surface area contributed by atoms with Gasteiger partial charge in [0.2, 0.25) is 5.91 Å². The number of thiazole rings is 1. The van der Waals surface area contributed by atoms with Gasteiger partial charge >= 0.3 is 0 Å². The number of thiocarbonyl (C=S) groups is 1. The van der Waals surface area contributed by atoms with E-state index in [2.05, 4.69) is 10.3 Å². The zero-order chi connectivity index (χ0) is 18.7. The Balaban J connectivity index is 1.65. The number of hydrogen-bond donors (Lipinski definition) is 1. The fourth-order valence-corrected chi connectivity index (χ4v) is 4.44. The van der Waals surface area contributed by atoms with Crippen LogP contribution < -0.4 is 5.32 Å². The van der Waals surface area contributed by atoms with Crippen molar-refractivity contribution in [1.82, 2.24) is 9.88 Å². The van der Waals surface area contributed by atoms with E-state index in [4.69, 9.17) is 35.4 Å². The molecule has 10 heteroatoms. The third-order valence-corrected chi connectivity index (χ3v) is 5.99. The van der Waals surface area contributed by atoms with Crippen molar-refractivity contribution >= 4 is 85.9 Å². The monoisotopic (exact) mass is 443 g/mol. The van der Waals surface area contributed by atoms with Crippen LogP contribution in [0.1, 0.15) is 12.0 Å². The highest BCUT2D eigenvalue weighted by atomic mass is 35.5. The van der Waals surface area contributed by atoms with Crippen molar-refractivity contribution in [3.8, 4) is 0 Å². The maximum Gasteiger partial charge on any atom is 0.266 e. The lowest BCUT2D eigenvalue weighted by Gasteiger charge is -2.13. The van der Waals surface area contributed by atoms with Crippen LogP contribution in [-0.2, 0) is 9.59 Å². The number of carbonyl (C=O) groups excluding carboxylic acids is 2. The van der Waals surface area contributed by atoms with Crippen LogP contribution in [0.4, 0.5) is 5.13 Å². The van der Waals surface area contributed by atoms with Crippen molar-refractivity contribution in [1.29, 1.82) is 0 Å². The summed E-state index contributed by atoms with van der Waals surface area (Å²) in [4.78, 5) is 30.4. The summed E-state index contributed by atoms with van der Waals surface area (Å²) >= 11 is 19.8. The summed E-state index contributed by atoms with van der Waals surface area (Å²) in [5, 5.41) is 5.94. The summed E-state index contributed by atoms with van der Waals surface area (Å²) in [6.07, 6.45) is 3.41. The number of halogens is 2. The lowest BCUT2D eigenvalue weighted by Crippen LogP contribution is -2.31. The highest BCUT2D eigenvalue weighted by Crippen LogP contribution is 2.34. The van der Waals surface area contributed by atoms with Crippen LogP contribution in [-0.4, -0.2) is 32.6 Å². The Labute approximate surface area is 173 Å². The molecule has 0 spiro atoms. The molecule has 134 valence electrons. The molecule has 3 rings (SSSR count). The van der Waals surface area contributed by atoms with Gasteiger partial charge in [-0.05, 0) is 23.8 Å². The largest absolute Gasteiger partial charge is 0.302 e. The smallest absolute Gasteiger partial charge is 0.266 e. The predicted octanol–water partition coefficient (Wildman–Crippen LogP) is 4.68. The highest BCUT2D eigenvalue weighted by molar-refractivity contribution is 8.26. The van der Waals surface area contributed by atoms with E-state index in [0.717, 1.165) is 0 Å². The van der Waals surface area contributed by atoms with Crippen molar-refractivity contribution in [3.05, 3.63) is 50.3 Å². The molecule has 0 saturated carbocycles. The average Bonchev–Trinajstić information content (AvgIpc) is 3.17. The Morgan fingerprint density at radius 3 is 2.88 bits per heavy atom. The van der Waals surface area contributed by atoms with Gasteiger partial charge in [-0.3, -0.25) is 14.5 Å². The molecule has 0 atom stereocenters. The average molecular weight is 444 g/mol. The molecule has 2 amide bonds. The van der Waals surface area contributed by atoms with Crippen LogP contribution in [0.2, 0.25) is 10.0 Å². The van der Waals surface area contributed by atoms with E-state index >= 15 is 0 Å². The van der Waals surface area contributed by atoms with Gasteiger partial charge < -0.3 is 5.32 Å². The minimum absolute atomic E-state index is 0.126. The van der Waals surface area contributed by atoms with E-state index < -0.39 is 0 Å². The normalized spacial score (nSPS) is 15.8. The Morgan fingerprint density at radius 2 is 2.19 bits per heavy atom. The summed E-state index contributed by atoms with van der Waals surface area (Å²) in [7, 11) is 0. The van der Waals surface area contributed by atoms with Gasteiger partial charge in [-0.15, -0.1) is 11.3 Å². The second-order valence-electron chi connectivity index (χ2n) is 5.13. The van der Waals surface area contributed by atoms with E-state index in [-0.39, 0.29) is 24.8 Å². The standard InChI is InChI=1S/C16H11Cl2N3O2S3/c17-10-2-1-9(11(18)8-10)7-12-14(23)21(16(24)26-12)5-3-13(22)20-15-19-4-6-25-15/h1-2,4,6-8H,3,5H2,(H,19,20,22)/b12-7+. The molecule has 1 aliphatic heterocycles. The quantitative estimate of drug-likeness (QED) is 0.536. The van der Waals surface area contributed by atoms with Crippen molar-refractivity contribution in [2.24, 2.45) is 0 Å². The van der Waals surface area contributed by atoms with Crippen molar-refractivity contribution in [2.45, 2.75) is 6.42 Å². The van der Waals surface area contributed by atoms with Gasteiger partial charge in [-0.2, -0.15) is 0 Å². The number of nitrogens with one attached hydrogen (secondary N) is 1. The Morgan fingerprint density at radius 1 is 1.38 bits per heavy atom. The maximum atomic E-state index is 12.6. The molecular formula is C16H11Cl2N3O2S3. The summed E-state index contributed by atoms with van der Waals surface area (Å²) < 4.78 is 0.411. The van der Waals surface area contributed by atoms with Crippen molar-refractivity contribution in [2.75, 3.05) is 11.9 Å². The summed E-state index contributed by atoms with van der Waals surface area (Å²) in [6, 6.07) is 5.04. The summed E-state index contributed by atoms with van der Waals surface area (Å²) in [5.41, 5.74) is 0.679. The maximum absolute atomic E-state index is 12.6. The van der Waals surface area contributed by atoms with Crippen molar-refractivity contribution in [3.63, 3.8) is 0 Å². The summed E-state index contributed by atoms with van der Waals surface area (Å²) in [5.74, 6) is -0.466. The molecule has 2 aromatic rings. The number of anilines is 1. The third-order valence-electron chi connectivity index (χ3n) is 3.36. The molecule has 2 heterocycles. The first kappa shape index (κ1) is 19.3. The number of benzene rings is 1. The first-order valence-corrected chi connectivity index (χ1v) is 10.2. The first-order valence-electron chi connectivity index (χ1n) is 7.34. The second-order valence-corrected chi connectivity index (χ2v) is 8.55. The number of aromatic nitrogens is 1. The zero-order valence-electron chi connectivity index (χ0n) is 13.1. The number of thioether (sulfide) groups is 1. The summed E-state index contributed by atoms with van der Waals surface area (Å²) in [6.45, 7) is 0.202. The number of nitrogens with zero attached hydrogens (tertiary/aromatic N) is 2. The molecule has 1 aromatic heterocycles. The molecule has 0 aliphatic carbocycles. The molecule has 1 fully saturated rings. The fourth-order valence-electron chi connectivity index (χ4n) is 2.13. The molecule has 0 unspecified atom stereocenters. The highest BCUT2D eigenvalue weighted by Gasteiger charge is 2.32. The minimum atomic E-state index is -0.243. The predicted molar refractivity (Wildman–Crippen MR) is 112 cm³/mol. The first-order chi connectivity index (χ1) is 12.4. The van der Waals surface area contributed by atoms with Gasteiger partial charge in [-0.1, -0.05) is 53.2 Å². The number of carbonyl (C=O) groups is 2. The van der Waals surface area contributed by atoms with Crippen LogP contribution in [0, 0.1) is 0 Å². The molecule has 0 bridgehead atoms. The van der Waals surface area contributed by atoms with E-state index in [1.165, 1.54) is 28.0 Å². The molecular weight excluding hydrogens is 433 g/mol. The molecule has 1 N–H and O–H groups in total. The van der Waals surface area contributed by atoms with Crippen LogP contribution in [0.5, 0.6) is 0 Å². The molecule has 1 aliphatic rings. The number of amides is 2. The van der Waals surface area contributed by atoms with Gasteiger partial charge in [0.1, 0.15) is 4.32 Å². The van der Waals surface area contributed by atoms with E-state index in [1.54, 1.807) is 35.9 Å². The minimum Gasteiger partial charge on any atom is -0.302 e. The van der Waals surface area contributed by atoms with E-state index in [0.29, 0.717) is 30.0 Å². The molecule has 5 nitrogen and oxygen atoms in total. The lowest BCUT2D eigenvalue weighted by atomic mass is 10.2. The third kappa shape index (κ3) is 4.63. The van der Waals surface area contributed by atoms with Gasteiger partial charge in [0.05, 0.1) is 4.91 Å². The van der Waals surface area contributed by atoms with Crippen LogP contribution in [0.15, 0.2) is 34.7 Å². The van der Waals surface area contributed by atoms with Crippen LogP contribution in [0.3, 0.4) is 0 Å². The van der Waals surface area contributed by atoms with Gasteiger partial charge in [-0.25, -0.2) is 4.98 Å². The van der Waals surface area contributed by atoms with Crippen LogP contribution in [0.25, 0.3) is 6.08 Å². The van der Waals surface area contributed by atoms with Gasteiger partial charge in [0, 0.05) is 34.6 Å². The van der Waals surface area contributed by atoms with Gasteiger partial charge in [0.15, 0.2) is 5.13 Å². The second kappa shape index (κ2) is 8.49. The van der Waals surface area contributed by atoms with Crippen LogP contribution >= 0.6 is 58.5 Å². The molecule has 0 radical (unpaired) electrons. The van der Waals surface area contributed by atoms with E-state index in [1.807, 2.05) is 0 Å². The number of rotatable bonds is 5.